The van der Waals surface area contributed by atoms with Crippen LogP contribution in [0.15, 0.2) is 65.6 Å². The first-order valence-corrected chi connectivity index (χ1v) is 14.9. The molecule has 0 saturated carbocycles. The molecule has 1 fully saturated rings. The molecule has 0 unspecified atom stereocenters. The molecule has 1 saturated heterocycles. The topological polar surface area (TPSA) is 41.9 Å². The van der Waals surface area contributed by atoms with Crippen LogP contribution in [0.5, 0.6) is 17.2 Å². The van der Waals surface area contributed by atoms with Gasteiger partial charge in [0.25, 0.3) is 0 Å². The van der Waals surface area contributed by atoms with Gasteiger partial charge in [-0.3, -0.25) is 9.29 Å². The van der Waals surface area contributed by atoms with E-state index in [2.05, 4.69) is 61.2 Å². The number of phenolic OH excluding ortho intramolecular Hbond substituents is 1. The molecule has 1 atom stereocenters. The summed E-state index contributed by atoms with van der Waals surface area (Å²) in [5, 5.41) is 10.2. The molecule has 204 valence electrons. The van der Waals surface area contributed by atoms with Crippen molar-refractivity contribution in [3.8, 4) is 17.2 Å². The lowest BCUT2D eigenvalue weighted by atomic mass is 9.87. The van der Waals surface area contributed by atoms with Gasteiger partial charge in [-0.25, -0.2) is 0 Å². The number of alkyl halides is 1. The Morgan fingerprint density at radius 2 is 1.90 bits per heavy atom. The quantitative estimate of drug-likeness (QED) is 0.336. The van der Waals surface area contributed by atoms with Gasteiger partial charge in [0.2, 0.25) is 0 Å². The second kappa shape index (κ2) is 10.9. The molecule has 3 aliphatic heterocycles. The Bertz CT molecular complexity index is 1380. The lowest BCUT2D eigenvalue weighted by molar-refractivity contribution is 0.138. The van der Waals surface area contributed by atoms with Gasteiger partial charge in [-0.2, -0.15) is 0 Å². The molecule has 3 heterocycles. The number of ether oxygens (including phenoxy) is 2. The van der Waals surface area contributed by atoms with E-state index in [9.17, 15) is 9.50 Å². The number of likely N-dealkylation sites (tertiary alicyclic amines) is 1. The smallest absolute Gasteiger partial charge is 0.123 e. The van der Waals surface area contributed by atoms with Crippen molar-refractivity contribution in [3.63, 3.8) is 0 Å². The van der Waals surface area contributed by atoms with Crippen LogP contribution in [-0.4, -0.2) is 53.8 Å². The number of hydrogen-bond donors (Lipinski definition) is 1. The van der Waals surface area contributed by atoms with Crippen LogP contribution >= 0.6 is 11.8 Å². The van der Waals surface area contributed by atoms with E-state index in [0.717, 1.165) is 72.2 Å². The van der Waals surface area contributed by atoms with E-state index >= 15 is 0 Å². The summed E-state index contributed by atoms with van der Waals surface area (Å²) in [7, 11) is 0. The number of halogens is 1. The Labute approximate surface area is 234 Å². The molecule has 1 N–H and O–H groups in total. The molecule has 0 bridgehead atoms. The first-order chi connectivity index (χ1) is 18.9. The molecule has 3 aromatic carbocycles. The summed E-state index contributed by atoms with van der Waals surface area (Å²) in [6.07, 6.45) is 3.52. The fraction of sp³-hybridized carbons (Fsp3) is 0.394. The Kier molecular flexibility index (Phi) is 7.34. The molecule has 4 nitrogen and oxygen atoms in total. The average molecular weight is 546 g/mol. The molecule has 0 amide bonds. The fourth-order valence-electron chi connectivity index (χ4n) is 6.08. The summed E-state index contributed by atoms with van der Waals surface area (Å²) in [4.78, 5) is 3.39. The Balaban J connectivity index is 1.34. The number of nitrogens with zero attached hydrogens (tertiary/aromatic N) is 1. The van der Waals surface area contributed by atoms with Crippen molar-refractivity contribution in [3.05, 3.63) is 82.9 Å². The zero-order chi connectivity index (χ0) is 27.0. The number of fused-ring (bicyclic) bond motifs is 2. The molecule has 6 heteroatoms. The van der Waals surface area contributed by atoms with Gasteiger partial charge in [-0.1, -0.05) is 18.2 Å². The second-order valence-corrected chi connectivity index (χ2v) is 12.5. The maximum Gasteiger partial charge on any atom is 0.123 e. The Morgan fingerprint density at radius 3 is 2.72 bits per heavy atom. The number of allylic oxidation sites excluding steroid dienone is 1. The highest BCUT2D eigenvalue weighted by molar-refractivity contribution is 7.99. The van der Waals surface area contributed by atoms with Gasteiger partial charge in [0.05, 0.1) is 6.67 Å². The highest BCUT2D eigenvalue weighted by Gasteiger charge is 2.31. The summed E-state index contributed by atoms with van der Waals surface area (Å²) in [6, 6.07) is 20.8. The summed E-state index contributed by atoms with van der Waals surface area (Å²) in [5.41, 5.74) is 7.11. The monoisotopic (exact) mass is 545 g/mol. The van der Waals surface area contributed by atoms with Crippen molar-refractivity contribution < 1.29 is 19.0 Å². The third-order valence-electron chi connectivity index (χ3n) is 7.84. The van der Waals surface area contributed by atoms with Gasteiger partial charge in [-0.05, 0) is 109 Å². The number of benzene rings is 3. The van der Waals surface area contributed by atoms with E-state index in [-0.39, 0.29) is 18.4 Å². The van der Waals surface area contributed by atoms with E-state index < -0.39 is 0 Å². The standard InChI is InChI=1S/C33H36FNO3S/c1-33(2)20-24-18-23(6-11-30(24)38-33)28-13-17-39-31-19-25(36)7-10-29(31)32(28)22-4-8-26(9-5-22)37-27-12-16-35(21-27)15-3-14-34/h4-11,18-19,27,36H,3,12-17,20-21H2,1-2H3/t27-/m0/s1. The van der Waals surface area contributed by atoms with Crippen LogP contribution in [0.2, 0.25) is 0 Å². The van der Waals surface area contributed by atoms with Crippen molar-refractivity contribution in [2.45, 2.75) is 56.1 Å². The van der Waals surface area contributed by atoms with Crippen LogP contribution in [0.3, 0.4) is 0 Å². The lowest BCUT2D eigenvalue weighted by Gasteiger charge is -2.18. The van der Waals surface area contributed by atoms with Gasteiger partial charge in [-0.15, -0.1) is 11.8 Å². The Morgan fingerprint density at radius 1 is 1.08 bits per heavy atom. The fourth-order valence-corrected chi connectivity index (χ4v) is 7.13. The van der Waals surface area contributed by atoms with E-state index in [4.69, 9.17) is 9.47 Å². The minimum atomic E-state index is -0.264. The van der Waals surface area contributed by atoms with Gasteiger partial charge < -0.3 is 14.6 Å². The van der Waals surface area contributed by atoms with Crippen molar-refractivity contribution in [2.24, 2.45) is 0 Å². The van der Waals surface area contributed by atoms with Crippen molar-refractivity contribution in [1.29, 1.82) is 0 Å². The average Bonchev–Trinajstić information content (AvgIpc) is 3.43. The summed E-state index contributed by atoms with van der Waals surface area (Å²) >= 11 is 1.80. The molecule has 39 heavy (non-hydrogen) atoms. The normalized spacial score (nSPS) is 20.3. The van der Waals surface area contributed by atoms with E-state index in [0.29, 0.717) is 12.2 Å². The number of rotatable bonds is 7. The molecule has 0 spiro atoms. The second-order valence-electron chi connectivity index (χ2n) is 11.4. The summed E-state index contributed by atoms with van der Waals surface area (Å²) < 4.78 is 25.0. The van der Waals surface area contributed by atoms with Crippen LogP contribution in [0, 0.1) is 0 Å². The van der Waals surface area contributed by atoms with Gasteiger partial charge in [0, 0.05) is 36.7 Å². The van der Waals surface area contributed by atoms with Crippen LogP contribution in [-0.2, 0) is 6.42 Å². The third-order valence-corrected chi connectivity index (χ3v) is 8.90. The largest absolute Gasteiger partial charge is 0.508 e. The van der Waals surface area contributed by atoms with Gasteiger partial charge in [0.1, 0.15) is 29.0 Å². The first kappa shape index (κ1) is 26.3. The maximum atomic E-state index is 12.6. The van der Waals surface area contributed by atoms with E-state index in [1.54, 1.807) is 17.8 Å². The third kappa shape index (κ3) is 5.68. The molecule has 3 aliphatic rings. The van der Waals surface area contributed by atoms with Crippen LogP contribution < -0.4 is 9.47 Å². The van der Waals surface area contributed by atoms with Crippen LogP contribution in [0.25, 0.3) is 11.1 Å². The highest BCUT2D eigenvalue weighted by Crippen LogP contribution is 2.45. The Hall–Kier alpha value is -2.96. The van der Waals surface area contributed by atoms with E-state index in [1.807, 2.05) is 12.1 Å². The van der Waals surface area contributed by atoms with Crippen molar-refractivity contribution in [2.75, 3.05) is 32.1 Å². The minimum absolute atomic E-state index is 0.140. The highest BCUT2D eigenvalue weighted by atomic mass is 32.2. The van der Waals surface area contributed by atoms with E-state index in [1.165, 1.54) is 22.3 Å². The summed E-state index contributed by atoms with van der Waals surface area (Å²) in [5.74, 6) is 3.08. The number of phenols is 1. The minimum Gasteiger partial charge on any atom is -0.508 e. The SMILES string of the molecule is CC1(C)Cc2cc(C3=C(c4ccc(O[C@H]5CCN(CCCF)C5)cc4)c4ccc(O)cc4SCC3)ccc2O1. The maximum absolute atomic E-state index is 12.6. The molecule has 6 rings (SSSR count). The molecule has 0 aromatic heterocycles. The molecular formula is C33H36FNO3S. The molecule has 3 aromatic rings. The zero-order valence-corrected chi connectivity index (χ0v) is 23.5. The summed E-state index contributed by atoms with van der Waals surface area (Å²) in [6.45, 7) is 6.62. The van der Waals surface area contributed by atoms with Gasteiger partial charge >= 0.3 is 0 Å². The number of thioether (sulfide) groups is 1. The molecular weight excluding hydrogens is 509 g/mol. The predicted octanol–water partition coefficient (Wildman–Crippen LogP) is 7.37. The van der Waals surface area contributed by atoms with Crippen molar-refractivity contribution >= 4 is 22.9 Å². The molecule has 0 radical (unpaired) electrons. The van der Waals surface area contributed by atoms with Crippen LogP contribution in [0.4, 0.5) is 4.39 Å². The van der Waals surface area contributed by atoms with Crippen molar-refractivity contribution in [1.82, 2.24) is 4.90 Å². The van der Waals surface area contributed by atoms with Crippen LogP contribution in [0.1, 0.15) is 55.4 Å². The molecule has 0 aliphatic carbocycles. The van der Waals surface area contributed by atoms with Gasteiger partial charge in [0.15, 0.2) is 0 Å². The first-order valence-electron chi connectivity index (χ1n) is 14.0. The number of aromatic hydroxyl groups is 1. The lowest BCUT2D eigenvalue weighted by Crippen LogP contribution is -2.26. The predicted molar refractivity (Wildman–Crippen MR) is 157 cm³/mol. The number of hydrogen-bond acceptors (Lipinski definition) is 5. The zero-order valence-electron chi connectivity index (χ0n) is 22.7.